The number of carbonyl (C=O) groups is 2. The number of aromatic hydroxyl groups is 1. The summed E-state index contributed by atoms with van der Waals surface area (Å²) in [7, 11) is 0. The number of rotatable bonds is 5. The van der Waals surface area contributed by atoms with Gasteiger partial charge in [-0.05, 0) is 30.9 Å². The normalized spacial score (nSPS) is 17.5. The van der Waals surface area contributed by atoms with Crippen molar-refractivity contribution < 1.29 is 24.2 Å². The van der Waals surface area contributed by atoms with Crippen molar-refractivity contribution in [2.45, 2.75) is 45.2 Å². The summed E-state index contributed by atoms with van der Waals surface area (Å²) >= 11 is 0. The van der Waals surface area contributed by atoms with E-state index in [-0.39, 0.29) is 17.7 Å². The number of amides is 1. The molecule has 0 radical (unpaired) electrons. The van der Waals surface area contributed by atoms with E-state index in [2.05, 4.69) is 5.32 Å². The SMILES string of the molecule is CCCc1cc(NC(=O)C2=CCCC(F)C2)cc(O)c1C(=O)O. The Hall–Kier alpha value is -2.37. The molecule has 1 aliphatic rings. The predicted octanol–water partition coefficient (Wildman–Crippen LogP) is 3.43. The van der Waals surface area contributed by atoms with Crippen molar-refractivity contribution >= 4 is 17.6 Å². The molecule has 0 bridgehead atoms. The summed E-state index contributed by atoms with van der Waals surface area (Å²) in [5, 5.41) is 21.7. The first-order valence-electron chi connectivity index (χ1n) is 7.66. The summed E-state index contributed by atoms with van der Waals surface area (Å²) in [5.74, 6) is -2.02. The summed E-state index contributed by atoms with van der Waals surface area (Å²) < 4.78 is 13.4. The van der Waals surface area contributed by atoms with Gasteiger partial charge in [0.05, 0.1) is 0 Å². The van der Waals surface area contributed by atoms with Crippen LogP contribution in [-0.4, -0.2) is 28.3 Å². The number of phenols is 1. The van der Waals surface area contributed by atoms with E-state index in [1.165, 1.54) is 6.07 Å². The van der Waals surface area contributed by atoms with Crippen LogP contribution >= 0.6 is 0 Å². The number of allylic oxidation sites excluding steroid dienone is 1. The molecule has 0 fully saturated rings. The lowest BCUT2D eigenvalue weighted by molar-refractivity contribution is -0.113. The fourth-order valence-electron chi connectivity index (χ4n) is 2.73. The minimum atomic E-state index is -1.21. The average molecular weight is 321 g/mol. The topological polar surface area (TPSA) is 86.6 Å². The van der Waals surface area contributed by atoms with Gasteiger partial charge in [-0.3, -0.25) is 4.79 Å². The second-order valence-corrected chi connectivity index (χ2v) is 5.65. The number of hydrogen-bond donors (Lipinski definition) is 3. The molecule has 124 valence electrons. The summed E-state index contributed by atoms with van der Waals surface area (Å²) in [5.41, 5.74) is 0.993. The van der Waals surface area contributed by atoms with Crippen molar-refractivity contribution in [3.8, 4) is 5.75 Å². The van der Waals surface area contributed by atoms with Crippen LogP contribution in [0.15, 0.2) is 23.8 Å². The van der Waals surface area contributed by atoms with E-state index >= 15 is 0 Å². The molecule has 1 aromatic rings. The van der Waals surface area contributed by atoms with Gasteiger partial charge in [0.2, 0.25) is 0 Å². The maximum absolute atomic E-state index is 13.4. The van der Waals surface area contributed by atoms with Crippen LogP contribution in [0.1, 0.15) is 48.5 Å². The van der Waals surface area contributed by atoms with Crippen molar-refractivity contribution in [2.24, 2.45) is 0 Å². The second-order valence-electron chi connectivity index (χ2n) is 5.65. The minimum absolute atomic E-state index is 0.0762. The lowest BCUT2D eigenvalue weighted by Gasteiger charge is -2.17. The van der Waals surface area contributed by atoms with E-state index in [9.17, 15) is 24.2 Å². The highest BCUT2D eigenvalue weighted by Crippen LogP contribution is 2.29. The van der Waals surface area contributed by atoms with Crippen LogP contribution in [0, 0.1) is 0 Å². The van der Waals surface area contributed by atoms with Crippen molar-refractivity contribution in [2.75, 3.05) is 5.32 Å². The van der Waals surface area contributed by atoms with Crippen LogP contribution in [0.25, 0.3) is 0 Å². The van der Waals surface area contributed by atoms with Crippen LogP contribution in [0.4, 0.5) is 10.1 Å². The van der Waals surface area contributed by atoms with Crippen LogP contribution < -0.4 is 5.32 Å². The zero-order chi connectivity index (χ0) is 17.0. The van der Waals surface area contributed by atoms with E-state index in [0.717, 1.165) is 0 Å². The van der Waals surface area contributed by atoms with E-state index < -0.39 is 18.0 Å². The lowest BCUT2D eigenvalue weighted by Crippen LogP contribution is -2.20. The van der Waals surface area contributed by atoms with Gasteiger partial charge in [-0.2, -0.15) is 0 Å². The summed E-state index contributed by atoms with van der Waals surface area (Å²) in [4.78, 5) is 23.4. The van der Waals surface area contributed by atoms with Crippen molar-refractivity contribution in [3.63, 3.8) is 0 Å². The maximum Gasteiger partial charge on any atom is 0.339 e. The Morgan fingerprint density at radius 1 is 1.39 bits per heavy atom. The summed E-state index contributed by atoms with van der Waals surface area (Å²) in [6.45, 7) is 1.89. The Balaban J connectivity index is 2.24. The number of halogens is 1. The van der Waals surface area contributed by atoms with Gasteiger partial charge in [0.1, 0.15) is 17.5 Å². The number of aromatic carboxylic acids is 1. The first-order chi connectivity index (χ1) is 10.9. The molecule has 0 saturated heterocycles. The zero-order valence-electron chi connectivity index (χ0n) is 12.9. The monoisotopic (exact) mass is 321 g/mol. The molecule has 0 aromatic heterocycles. The molecule has 0 heterocycles. The fraction of sp³-hybridized carbons (Fsp3) is 0.412. The molecule has 3 N–H and O–H groups in total. The van der Waals surface area contributed by atoms with Gasteiger partial charge in [0.25, 0.3) is 5.91 Å². The Morgan fingerprint density at radius 2 is 2.13 bits per heavy atom. The molecule has 23 heavy (non-hydrogen) atoms. The van der Waals surface area contributed by atoms with Gasteiger partial charge in [0.15, 0.2) is 0 Å². The molecule has 1 aliphatic carbocycles. The molecule has 1 unspecified atom stereocenters. The van der Waals surface area contributed by atoms with Gasteiger partial charge in [-0.25, -0.2) is 9.18 Å². The van der Waals surface area contributed by atoms with E-state index in [1.807, 2.05) is 6.92 Å². The summed E-state index contributed by atoms with van der Waals surface area (Å²) in [6.07, 6.45) is 2.88. The number of carbonyl (C=O) groups excluding carboxylic acids is 1. The average Bonchev–Trinajstić information content (AvgIpc) is 2.46. The maximum atomic E-state index is 13.4. The number of alkyl halides is 1. The Morgan fingerprint density at radius 3 is 2.74 bits per heavy atom. The molecule has 1 amide bonds. The molecule has 2 rings (SSSR count). The Kier molecular flexibility index (Phi) is 5.36. The molecular weight excluding hydrogens is 301 g/mol. The third-order valence-electron chi connectivity index (χ3n) is 3.79. The number of carboxylic acid groups (broad SMARTS) is 1. The third-order valence-corrected chi connectivity index (χ3v) is 3.79. The first-order valence-corrected chi connectivity index (χ1v) is 7.66. The standard InChI is InChI=1S/C17H20FNO4/c1-2-4-10-8-13(9-14(20)15(10)17(22)23)19-16(21)11-5-3-6-12(18)7-11/h5,8-9,12,20H,2-4,6-7H2,1H3,(H,19,21)(H,22,23). The largest absolute Gasteiger partial charge is 0.507 e. The smallest absolute Gasteiger partial charge is 0.339 e. The number of anilines is 1. The van der Waals surface area contributed by atoms with E-state index in [4.69, 9.17) is 0 Å². The Labute approximate surface area is 133 Å². The highest BCUT2D eigenvalue weighted by molar-refractivity contribution is 6.04. The fourth-order valence-corrected chi connectivity index (χ4v) is 2.73. The molecule has 5 nitrogen and oxygen atoms in total. The molecule has 0 spiro atoms. The highest BCUT2D eigenvalue weighted by atomic mass is 19.1. The number of nitrogens with one attached hydrogen (secondary N) is 1. The van der Waals surface area contributed by atoms with Crippen LogP contribution in [-0.2, 0) is 11.2 Å². The van der Waals surface area contributed by atoms with Gasteiger partial charge < -0.3 is 15.5 Å². The Bertz CT molecular complexity index is 654. The summed E-state index contributed by atoms with van der Waals surface area (Å²) in [6, 6.07) is 2.75. The quantitative estimate of drug-likeness (QED) is 0.775. The molecule has 0 aliphatic heterocycles. The molecule has 1 aromatic carbocycles. The van der Waals surface area contributed by atoms with Gasteiger partial charge in [-0.15, -0.1) is 0 Å². The van der Waals surface area contributed by atoms with Gasteiger partial charge >= 0.3 is 5.97 Å². The predicted molar refractivity (Wildman–Crippen MR) is 84.5 cm³/mol. The molecule has 1 atom stereocenters. The number of benzene rings is 1. The molecular formula is C17H20FNO4. The van der Waals surface area contributed by atoms with E-state index in [1.54, 1.807) is 12.1 Å². The highest BCUT2D eigenvalue weighted by Gasteiger charge is 2.21. The van der Waals surface area contributed by atoms with Crippen LogP contribution in [0.2, 0.25) is 0 Å². The molecule has 6 heteroatoms. The number of aryl methyl sites for hydroxylation is 1. The third kappa shape index (κ3) is 4.09. The minimum Gasteiger partial charge on any atom is -0.507 e. The second kappa shape index (κ2) is 7.26. The van der Waals surface area contributed by atoms with Crippen LogP contribution in [0.3, 0.4) is 0 Å². The first kappa shape index (κ1) is 17.0. The lowest BCUT2D eigenvalue weighted by atomic mass is 9.97. The zero-order valence-corrected chi connectivity index (χ0v) is 12.9. The van der Waals surface area contributed by atoms with Crippen molar-refractivity contribution in [1.29, 1.82) is 0 Å². The van der Waals surface area contributed by atoms with Gasteiger partial charge in [-0.1, -0.05) is 19.4 Å². The van der Waals surface area contributed by atoms with Crippen molar-refractivity contribution in [3.05, 3.63) is 34.9 Å². The van der Waals surface area contributed by atoms with Crippen LogP contribution in [0.5, 0.6) is 5.75 Å². The van der Waals surface area contributed by atoms with Crippen molar-refractivity contribution in [1.82, 2.24) is 0 Å². The number of hydrogen-bond acceptors (Lipinski definition) is 3. The molecule has 0 saturated carbocycles. The van der Waals surface area contributed by atoms with Gasteiger partial charge in [0, 0.05) is 23.7 Å². The number of carboxylic acids is 1. The van der Waals surface area contributed by atoms with E-state index in [0.29, 0.717) is 42.5 Å².